The van der Waals surface area contributed by atoms with Gasteiger partial charge >= 0.3 is 6.18 Å². The fourth-order valence-electron chi connectivity index (χ4n) is 1.81. The van der Waals surface area contributed by atoms with Crippen molar-refractivity contribution >= 4 is 0 Å². The number of piperidine rings is 1. The summed E-state index contributed by atoms with van der Waals surface area (Å²) in [6.07, 6.45) is -2.82. The molecule has 0 amide bonds. The first kappa shape index (κ1) is 12.8. The predicted molar refractivity (Wildman–Crippen MR) is 51.6 cm³/mol. The van der Waals surface area contributed by atoms with Crippen molar-refractivity contribution in [3.63, 3.8) is 0 Å². The molecule has 15 heavy (non-hydrogen) atoms. The minimum Gasteiger partial charge on any atom is -0.380 e. The van der Waals surface area contributed by atoms with Gasteiger partial charge in [-0.15, -0.1) is 0 Å². The molecule has 1 aliphatic heterocycles. The van der Waals surface area contributed by atoms with Crippen LogP contribution in [0.5, 0.6) is 0 Å². The first-order chi connectivity index (χ1) is 6.89. The molecular weight excluding hydrogens is 207 g/mol. The molecule has 0 saturated carbocycles. The monoisotopic (exact) mass is 225 g/mol. The van der Waals surface area contributed by atoms with Crippen molar-refractivity contribution in [3.8, 4) is 0 Å². The van der Waals surface area contributed by atoms with Crippen LogP contribution in [0.15, 0.2) is 0 Å². The van der Waals surface area contributed by atoms with Crippen molar-refractivity contribution in [1.82, 2.24) is 4.90 Å². The van der Waals surface area contributed by atoms with Crippen LogP contribution >= 0.6 is 0 Å². The van der Waals surface area contributed by atoms with Crippen molar-refractivity contribution in [2.45, 2.75) is 44.4 Å². The summed E-state index contributed by atoms with van der Waals surface area (Å²) in [7, 11) is 0. The molecule has 1 aliphatic rings. The van der Waals surface area contributed by atoms with E-state index in [1.807, 2.05) is 4.90 Å². The quantitative estimate of drug-likeness (QED) is 0.795. The number of halogens is 3. The van der Waals surface area contributed by atoms with Gasteiger partial charge in [0.25, 0.3) is 0 Å². The molecule has 90 valence electrons. The van der Waals surface area contributed by atoms with Crippen LogP contribution in [-0.4, -0.2) is 41.4 Å². The lowest BCUT2D eigenvalue weighted by molar-refractivity contribution is -0.272. The fourth-order valence-corrected chi connectivity index (χ4v) is 1.81. The van der Waals surface area contributed by atoms with Gasteiger partial charge in [0.1, 0.15) is 0 Å². The molecule has 1 saturated heterocycles. The molecule has 1 fully saturated rings. The Hall–Kier alpha value is -0.290. The Labute approximate surface area is 88.1 Å². The summed E-state index contributed by atoms with van der Waals surface area (Å²) >= 11 is 0. The molecule has 0 atom stereocenters. The number of rotatable bonds is 3. The van der Waals surface area contributed by atoms with E-state index in [1.165, 1.54) is 0 Å². The average Bonchev–Trinajstić information content (AvgIpc) is 2.15. The molecule has 0 radical (unpaired) electrons. The molecule has 5 heteroatoms. The lowest BCUT2D eigenvalue weighted by Crippen LogP contribution is -2.53. The minimum atomic E-state index is -4.48. The molecule has 0 aromatic carbocycles. The molecule has 0 aromatic rings. The highest BCUT2D eigenvalue weighted by Crippen LogP contribution is 2.38. The van der Waals surface area contributed by atoms with Crippen LogP contribution in [0.3, 0.4) is 0 Å². The summed E-state index contributed by atoms with van der Waals surface area (Å²) in [4.78, 5) is 1.99. The summed E-state index contributed by atoms with van der Waals surface area (Å²) < 4.78 is 37.3. The smallest absolute Gasteiger partial charge is 0.380 e. The van der Waals surface area contributed by atoms with Crippen molar-refractivity contribution in [3.05, 3.63) is 0 Å². The fraction of sp³-hybridized carbons (Fsp3) is 1.00. The maximum Gasteiger partial charge on any atom is 0.417 e. The Balaban J connectivity index is 2.41. The number of nitrogens with zero attached hydrogens (tertiary/aromatic N) is 1. The maximum absolute atomic E-state index is 12.4. The highest BCUT2D eigenvalue weighted by molar-refractivity contribution is 4.91. The van der Waals surface area contributed by atoms with Crippen LogP contribution in [0.2, 0.25) is 0 Å². The Kier molecular flexibility index (Phi) is 4.00. The molecule has 1 N–H and O–H groups in total. The van der Waals surface area contributed by atoms with Gasteiger partial charge in [0.15, 0.2) is 5.60 Å². The molecule has 0 spiro atoms. The van der Waals surface area contributed by atoms with E-state index < -0.39 is 11.8 Å². The second-order valence-corrected chi connectivity index (χ2v) is 4.22. The maximum atomic E-state index is 12.4. The van der Waals surface area contributed by atoms with E-state index in [2.05, 4.69) is 6.92 Å². The average molecular weight is 225 g/mol. The van der Waals surface area contributed by atoms with Gasteiger partial charge in [-0.05, 0) is 25.8 Å². The van der Waals surface area contributed by atoms with Crippen LogP contribution in [0.4, 0.5) is 13.2 Å². The molecular formula is C10H18F3NO. The highest BCUT2D eigenvalue weighted by Gasteiger charge is 2.54. The molecule has 0 unspecified atom stereocenters. The number of likely N-dealkylation sites (tertiary alicyclic amines) is 1. The summed E-state index contributed by atoms with van der Waals surface area (Å²) in [6.45, 7) is 3.58. The normalized spacial score (nSPS) is 23.0. The van der Waals surface area contributed by atoms with E-state index in [4.69, 9.17) is 0 Å². The van der Waals surface area contributed by atoms with Gasteiger partial charge in [-0.3, -0.25) is 0 Å². The van der Waals surface area contributed by atoms with Gasteiger partial charge in [0, 0.05) is 13.1 Å². The molecule has 1 heterocycles. The molecule has 2 nitrogen and oxygen atoms in total. The van der Waals surface area contributed by atoms with Crippen LogP contribution in [0.1, 0.15) is 32.6 Å². The van der Waals surface area contributed by atoms with Gasteiger partial charge in [0.2, 0.25) is 0 Å². The van der Waals surface area contributed by atoms with E-state index in [9.17, 15) is 18.3 Å². The Morgan fingerprint density at radius 1 is 1.27 bits per heavy atom. The number of aliphatic hydroxyl groups is 1. The van der Waals surface area contributed by atoms with Crippen molar-refractivity contribution in [1.29, 1.82) is 0 Å². The van der Waals surface area contributed by atoms with Crippen molar-refractivity contribution in [2.24, 2.45) is 0 Å². The van der Waals surface area contributed by atoms with E-state index in [0.717, 1.165) is 19.4 Å². The van der Waals surface area contributed by atoms with Crippen molar-refractivity contribution in [2.75, 3.05) is 19.6 Å². The third-order valence-electron chi connectivity index (χ3n) is 3.04. The highest BCUT2D eigenvalue weighted by atomic mass is 19.4. The Bertz CT molecular complexity index is 197. The van der Waals surface area contributed by atoms with Gasteiger partial charge in [-0.2, -0.15) is 13.2 Å². The van der Waals surface area contributed by atoms with E-state index in [-0.39, 0.29) is 12.8 Å². The van der Waals surface area contributed by atoms with Gasteiger partial charge in [-0.1, -0.05) is 13.3 Å². The predicted octanol–water partition coefficient (Wildman–Crippen LogP) is 2.18. The first-order valence-electron chi connectivity index (χ1n) is 5.40. The lowest BCUT2D eigenvalue weighted by atomic mass is 9.91. The van der Waals surface area contributed by atoms with Crippen LogP contribution in [-0.2, 0) is 0 Å². The zero-order valence-electron chi connectivity index (χ0n) is 8.98. The topological polar surface area (TPSA) is 23.5 Å². The van der Waals surface area contributed by atoms with E-state index >= 15 is 0 Å². The third kappa shape index (κ3) is 3.08. The van der Waals surface area contributed by atoms with E-state index in [0.29, 0.717) is 13.1 Å². The standard InChI is InChI=1S/C10H18F3NO/c1-2-3-6-14-7-4-9(15,5-8-14)10(11,12)13/h15H,2-8H2,1H3. The molecule has 1 rings (SSSR count). The third-order valence-corrected chi connectivity index (χ3v) is 3.04. The SMILES string of the molecule is CCCCN1CCC(O)(C(F)(F)F)CC1. The first-order valence-corrected chi connectivity index (χ1v) is 5.40. The van der Waals surface area contributed by atoms with Gasteiger partial charge < -0.3 is 10.0 Å². The molecule has 0 aromatic heterocycles. The second kappa shape index (κ2) is 4.70. The summed E-state index contributed by atoms with van der Waals surface area (Å²) in [5.74, 6) is 0. The lowest BCUT2D eigenvalue weighted by Gasteiger charge is -2.39. The van der Waals surface area contributed by atoms with Crippen LogP contribution in [0, 0.1) is 0 Å². The Morgan fingerprint density at radius 2 is 1.80 bits per heavy atom. The zero-order valence-corrected chi connectivity index (χ0v) is 8.98. The summed E-state index contributed by atoms with van der Waals surface area (Å²) in [5.41, 5.74) is -2.45. The number of unbranched alkanes of at least 4 members (excludes halogenated alkanes) is 1. The largest absolute Gasteiger partial charge is 0.417 e. The number of alkyl halides is 3. The molecule has 0 aliphatic carbocycles. The van der Waals surface area contributed by atoms with E-state index in [1.54, 1.807) is 0 Å². The number of hydrogen-bond acceptors (Lipinski definition) is 2. The minimum absolute atomic E-state index is 0.194. The second-order valence-electron chi connectivity index (χ2n) is 4.22. The molecule has 0 bridgehead atoms. The zero-order chi connectivity index (χ0) is 11.5. The van der Waals surface area contributed by atoms with Crippen molar-refractivity contribution < 1.29 is 18.3 Å². The van der Waals surface area contributed by atoms with Gasteiger partial charge in [-0.25, -0.2) is 0 Å². The van der Waals surface area contributed by atoms with Crippen LogP contribution < -0.4 is 0 Å². The number of hydrogen-bond donors (Lipinski definition) is 1. The van der Waals surface area contributed by atoms with Crippen LogP contribution in [0.25, 0.3) is 0 Å². The van der Waals surface area contributed by atoms with Gasteiger partial charge in [0.05, 0.1) is 0 Å². The summed E-state index contributed by atoms with van der Waals surface area (Å²) in [5, 5.41) is 9.40. The summed E-state index contributed by atoms with van der Waals surface area (Å²) in [6, 6.07) is 0. The Morgan fingerprint density at radius 3 is 2.20 bits per heavy atom.